The first-order chi connectivity index (χ1) is 12.2. The maximum Gasteiger partial charge on any atom is 0.293 e. The average Bonchev–Trinajstić information content (AvgIpc) is 3.00. The summed E-state index contributed by atoms with van der Waals surface area (Å²) in [4.78, 5) is 25.2. The Bertz CT molecular complexity index is 1030. The van der Waals surface area contributed by atoms with Crippen molar-refractivity contribution in [2.75, 3.05) is 5.32 Å². The number of hydrogen-bond donors (Lipinski definition) is 1. The van der Waals surface area contributed by atoms with E-state index < -0.39 is 0 Å². The molecular weight excluding hydrogens is 354 g/mol. The first-order valence-electron chi connectivity index (χ1n) is 8.18. The third kappa shape index (κ3) is 3.48. The molecule has 7 nitrogen and oxygen atoms in total. The summed E-state index contributed by atoms with van der Waals surface area (Å²) in [5, 5.41) is 12.6. The molecule has 0 unspecified atom stereocenters. The fourth-order valence-electron chi connectivity index (χ4n) is 2.71. The van der Waals surface area contributed by atoms with Crippen molar-refractivity contribution >= 4 is 34.1 Å². The molecule has 0 spiro atoms. The van der Waals surface area contributed by atoms with E-state index in [4.69, 9.17) is 11.6 Å². The maximum absolute atomic E-state index is 12.9. The first-order valence-corrected chi connectivity index (χ1v) is 8.56. The lowest BCUT2D eigenvalue weighted by Gasteiger charge is -2.20. The van der Waals surface area contributed by atoms with E-state index in [9.17, 15) is 9.59 Å². The van der Waals surface area contributed by atoms with Gasteiger partial charge < -0.3 is 5.32 Å². The molecule has 1 N–H and O–H groups in total. The van der Waals surface area contributed by atoms with Gasteiger partial charge in [0.2, 0.25) is 5.91 Å². The summed E-state index contributed by atoms with van der Waals surface area (Å²) in [6.45, 7) is 7.50. The second-order valence-corrected chi connectivity index (χ2v) is 7.53. The van der Waals surface area contributed by atoms with Gasteiger partial charge in [0, 0.05) is 16.1 Å². The van der Waals surface area contributed by atoms with Gasteiger partial charge in [0.25, 0.3) is 5.56 Å². The highest BCUT2D eigenvalue weighted by Gasteiger charge is 2.22. The molecule has 0 fully saturated rings. The number of nitrogens with zero attached hydrogens (tertiary/aromatic N) is 4. The Morgan fingerprint density at radius 2 is 1.88 bits per heavy atom. The van der Waals surface area contributed by atoms with Crippen LogP contribution in [-0.4, -0.2) is 25.5 Å². The number of aryl methyl sites for hydroxylation is 1. The molecule has 1 aromatic carbocycles. The Hall–Kier alpha value is -2.67. The molecule has 136 valence electrons. The van der Waals surface area contributed by atoms with Crippen LogP contribution in [0.3, 0.4) is 0 Å². The molecular formula is C18H20ClN5O2. The zero-order valence-electron chi connectivity index (χ0n) is 15.1. The zero-order valence-corrected chi connectivity index (χ0v) is 15.8. The Kier molecular flexibility index (Phi) is 4.58. The molecule has 3 rings (SSSR count). The molecule has 0 saturated carbocycles. The molecule has 2 heterocycles. The van der Waals surface area contributed by atoms with E-state index in [1.807, 2.05) is 20.8 Å². The number of aromatic nitrogens is 4. The van der Waals surface area contributed by atoms with E-state index >= 15 is 0 Å². The summed E-state index contributed by atoms with van der Waals surface area (Å²) in [5.74, 6) is -0.345. The number of anilines is 1. The van der Waals surface area contributed by atoms with E-state index in [1.165, 1.54) is 4.68 Å². The van der Waals surface area contributed by atoms with Crippen LogP contribution in [0.5, 0.6) is 0 Å². The van der Waals surface area contributed by atoms with Crippen molar-refractivity contribution in [1.29, 1.82) is 0 Å². The molecule has 0 bridgehead atoms. The predicted molar refractivity (Wildman–Crippen MR) is 102 cm³/mol. The van der Waals surface area contributed by atoms with Gasteiger partial charge in [-0.25, -0.2) is 4.68 Å². The van der Waals surface area contributed by atoms with Gasteiger partial charge in [0.15, 0.2) is 0 Å². The SMILES string of the molecule is Cc1nn(CC(=O)Nc2ccc(Cl)cc2)c(=O)c2c1cnn2C(C)(C)C. The van der Waals surface area contributed by atoms with Crippen LogP contribution in [0.1, 0.15) is 26.5 Å². The molecule has 0 aliphatic carbocycles. The summed E-state index contributed by atoms with van der Waals surface area (Å²) in [6.07, 6.45) is 1.64. The fourth-order valence-corrected chi connectivity index (χ4v) is 2.83. The second kappa shape index (κ2) is 6.57. The lowest BCUT2D eigenvalue weighted by Crippen LogP contribution is -2.33. The lowest BCUT2D eigenvalue weighted by molar-refractivity contribution is -0.117. The number of carbonyl (C=O) groups excluding carboxylic acids is 1. The van der Waals surface area contributed by atoms with Gasteiger partial charge in [0.05, 0.1) is 17.4 Å². The quantitative estimate of drug-likeness (QED) is 0.765. The molecule has 2 aromatic heterocycles. The average molecular weight is 374 g/mol. The predicted octanol–water partition coefficient (Wildman–Crippen LogP) is 2.95. The number of rotatable bonds is 3. The summed E-state index contributed by atoms with van der Waals surface area (Å²) in [5.41, 5.74) is 0.992. The number of carbonyl (C=O) groups is 1. The molecule has 0 aliphatic heterocycles. The Morgan fingerprint density at radius 1 is 1.23 bits per heavy atom. The lowest BCUT2D eigenvalue weighted by atomic mass is 10.1. The van der Waals surface area contributed by atoms with Crippen LogP contribution in [0.15, 0.2) is 35.3 Å². The maximum atomic E-state index is 12.9. The van der Waals surface area contributed by atoms with E-state index in [-0.39, 0.29) is 23.6 Å². The third-order valence-electron chi connectivity index (χ3n) is 3.92. The van der Waals surface area contributed by atoms with Crippen molar-refractivity contribution in [2.45, 2.75) is 39.8 Å². The molecule has 1 amide bonds. The van der Waals surface area contributed by atoms with E-state index in [1.54, 1.807) is 42.1 Å². The minimum atomic E-state index is -0.363. The van der Waals surface area contributed by atoms with Crippen LogP contribution in [0.4, 0.5) is 5.69 Å². The number of halogens is 1. The van der Waals surface area contributed by atoms with Gasteiger partial charge >= 0.3 is 0 Å². The van der Waals surface area contributed by atoms with E-state index in [0.717, 1.165) is 0 Å². The molecule has 8 heteroatoms. The topological polar surface area (TPSA) is 81.8 Å². The summed E-state index contributed by atoms with van der Waals surface area (Å²) in [7, 11) is 0. The fraction of sp³-hybridized carbons (Fsp3) is 0.333. The monoisotopic (exact) mass is 373 g/mol. The van der Waals surface area contributed by atoms with Gasteiger partial charge in [-0.05, 0) is 52.0 Å². The minimum absolute atomic E-state index is 0.187. The number of hydrogen-bond acceptors (Lipinski definition) is 4. The van der Waals surface area contributed by atoms with E-state index in [2.05, 4.69) is 15.5 Å². The van der Waals surface area contributed by atoms with Gasteiger partial charge in [0.1, 0.15) is 12.1 Å². The highest BCUT2D eigenvalue weighted by Crippen LogP contribution is 2.20. The standard InChI is InChI=1S/C18H20ClN5O2/c1-11-14-9-20-24(18(2,3)4)16(14)17(26)23(22-11)10-15(25)21-13-7-5-12(19)6-8-13/h5-9H,10H2,1-4H3,(H,21,25). The Morgan fingerprint density at radius 3 is 2.50 bits per heavy atom. The Balaban J connectivity index is 1.95. The molecule has 0 aliphatic rings. The van der Waals surface area contributed by atoms with Gasteiger partial charge in [-0.1, -0.05) is 11.6 Å². The van der Waals surface area contributed by atoms with Crippen LogP contribution in [0.25, 0.3) is 10.9 Å². The van der Waals surface area contributed by atoms with Crippen LogP contribution >= 0.6 is 11.6 Å². The molecule has 0 saturated heterocycles. The summed E-state index contributed by atoms with van der Waals surface area (Å²) >= 11 is 5.84. The van der Waals surface area contributed by atoms with Crippen LogP contribution < -0.4 is 10.9 Å². The third-order valence-corrected chi connectivity index (χ3v) is 4.18. The van der Waals surface area contributed by atoms with Crippen molar-refractivity contribution in [2.24, 2.45) is 0 Å². The van der Waals surface area contributed by atoms with Crippen LogP contribution in [0, 0.1) is 6.92 Å². The number of nitrogens with one attached hydrogen (secondary N) is 1. The van der Waals surface area contributed by atoms with Crippen molar-refractivity contribution in [1.82, 2.24) is 19.6 Å². The second-order valence-electron chi connectivity index (χ2n) is 7.09. The Labute approximate surface area is 155 Å². The number of amides is 1. The normalized spacial score (nSPS) is 11.7. The van der Waals surface area contributed by atoms with Gasteiger partial charge in [-0.3, -0.25) is 14.3 Å². The molecule has 0 atom stereocenters. The molecule has 26 heavy (non-hydrogen) atoms. The number of benzene rings is 1. The zero-order chi connectivity index (χ0) is 19.1. The smallest absolute Gasteiger partial charge is 0.293 e. The first kappa shape index (κ1) is 18.1. The van der Waals surface area contributed by atoms with Crippen LogP contribution in [-0.2, 0) is 16.9 Å². The highest BCUT2D eigenvalue weighted by atomic mass is 35.5. The van der Waals surface area contributed by atoms with Crippen molar-refractivity contribution < 1.29 is 4.79 Å². The largest absolute Gasteiger partial charge is 0.324 e. The van der Waals surface area contributed by atoms with Crippen molar-refractivity contribution in [3.63, 3.8) is 0 Å². The molecule has 0 radical (unpaired) electrons. The van der Waals surface area contributed by atoms with Crippen molar-refractivity contribution in [3.05, 3.63) is 51.5 Å². The minimum Gasteiger partial charge on any atom is -0.324 e. The number of fused-ring (bicyclic) bond motifs is 1. The van der Waals surface area contributed by atoms with E-state index in [0.29, 0.717) is 27.3 Å². The van der Waals surface area contributed by atoms with Gasteiger partial charge in [-0.15, -0.1) is 0 Å². The highest BCUT2D eigenvalue weighted by molar-refractivity contribution is 6.30. The summed E-state index contributed by atoms with van der Waals surface area (Å²) < 4.78 is 2.85. The summed E-state index contributed by atoms with van der Waals surface area (Å²) in [6, 6.07) is 6.75. The van der Waals surface area contributed by atoms with Gasteiger partial charge in [-0.2, -0.15) is 10.2 Å². The molecule has 3 aromatic rings. The van der Waals surface area contributed by atoms with Crippen LogP contribution in [0.2, 0.25) is 5.02 Å². The van der Waals surface area contributed by atoms with Crippen molar-refractivity contribution in [3.8, 4) is 0 Å².